The fraction of sp³-hybridized carbons (Fsp3) is 0.0870. The Balaban J connectivity index is 2.03. The van der Waals surface area contributed by atoms with Crippen LogP contribution in [0.5, 0.6) is 0 Å². The van der Waals surface area contributed by atoms with Crippen molar-refractivity contribution in [2.45, 2.75) is 11.5 Å². The van der Waals surface area contributed by atoms with Crippen LogP contribution in [0.4, 0.5) is 22.0 Å². The number of pyridine rings is 1. The molecule has 3 aromatic rings. The van der Waals surface area contributed by atoms with Crippen molar-refractivity contribution in [2.24, 2.45) is 11.6 Å². The van der Waals surface area contributed by atoms with Crippen molar-refractivity contribution in [3.05, 3.63) is 113 Å². The summed E-state index contributed by atoms with van der Waals surface area (Å²) in [4.78, 5) is 3.65. The average molecular weight is 460 g/mol. The molecule has 0 radical (unpaired) electrons. The molecule has 1 aromatic heterocycles. The first-order valence-corrected chi connectivity index (χ1v) is 9.31. The molecule has 0 spiro atoms. The third-order valence-electron chi connectivity index (χ3n) is 4.71. The maximum atomic E-state index is 15.5. The molecule has 2 aromatic carbocycles. The van der Waals surface area contributed by atoms with E-state index >= 15 is 8.78 Å². The number of rotatable bonds is 5. The lowest BCUT2D eigenvalue weighted by molar-refractivity contribution is -0.178. The predicted molar refractivity (Wildman–Crippen MR) is 110 cm³/mol. The van der Waals surface area contributed by atoms with E-state index in [-0.39, 0.29) is 5.56 Å². The number of hydrogen-bond acceptors (Lipinski definition) is 5. The van der Waals surface area contributed by atoms with Gasteiger partial charge in [-0.1, -0.05) is 11.8 Å². The van der Waals surface area contributed by atoms with Crippen LogP contribution in [0.3, 0.4) is 0 Å². The minimum Gasteiger partial charge on any atom is -0.398 e. The SMILES string of the molecule is NN/C=C(\N)C(O)(c1ccc(F)cc1F)C(F)(F)c1ccc(C#Cc2ccc(F)cc2)cn1. The lowest BCUT2D eigenvalue weighted by atomic mass is 9.82. The Kier molecular flexibility index (Phi) is 6.67. The molecule has 1 unspecified atom stereocenters. The number of benzene rings is 2. The fourth-order valence-corrected chi connectivity index (χ4v) is 3.00. The topological polar surface area (TPSA) is 97.2 Å². The van der Waals surface area contributed by atoms with E-state index in [4.69, 9.17) is 11.6 Å². The summed E-state index contributed by atoms with van der Waals surface area (Å²) in [6.45, 7) is 0. The van der Waals surface area contributed by atoms with E-state index in [1.807, 2.05) is 5.43 Å². The lowest BCUT2D eigenvalue weighted by Crippen LogP contribution is -2.49. The summed E-state index contributed by atoms with van der Waals surface area (Å²) in [5.41, 5.74) is 1.90. The second-order valence-electron chi connectivity index (χ2n) is 6.86. The summed E-state index contributed by atoms with van der Waals surface area (Å²) >= 11 is 0. The molecule has 10 heteroatoms. The minimum absolute atomic E-state index is 0.238. The van der Waals surface area contributed by atoms with Gasteiger partial charge in [0.05, 0.1) is 5.70 Å². The van der Waals surface area contributed by atoms with Crippen LogP contribution in [0.15, 0.2) is 72.7 Å². The molecular formula is C23H17F5N4O. The van der Waals surface area contributed by atoms with Gasteiger partial charge in [-0.25, -0.2) is 13.2 Å². The molecule has 5 nitrogen and oxygen atoms in total. The van der Waals surface area contributed by atoms with Gasteiger partial charge in [-0.15, -0.1) is 0 Å². The number of halogens is 5. The van der Waals surface area contributed by atoms with E-state index in [9.17, 15) is 18.3 Å². The van der Waals surface area contributed by atoms with Crippen molar-refractivity contribution in [3.8, 4) is 11.8 Å². The molecule has 0 bridgehead atoms. The van der Waals surface area contributed by atoms with Crippen LogP contribution in [0.1, 0.15) is 22.4 Å². The van der Waals surface area contributed by atoms with E-state index in [2.05, 4.69) is 16.8 Å². The maximum absolute atomic E-state index is 15.5. The van der Waals surface area contributed by atoms with Crippen molar-refractivity contribution in [1.82, 2.24) is 10.4 Å². The third-order valence-corrected chi connectivity index (χ3v) is 4.71. The van der Waals surface area contributed by atoms with Gasteiger partial charge in [-0.05, 0) is 48.5 Å². The van der Waals surface area contributed by atoms with Gasteiger partial charge < -0.3 is 16.3 Å². The molecule has 0 aliphatic heterocycles. The van der Waals surface area contributed by atoms with Crippen molar-refractivity contribution in [3.63, 3.8) is 0 Å². The van der Waals surface area contributed by atoms with Gasteiger partial charge in [0, 0.05) is 35.2 Å². The number of hydrogen-bond donors (Lipinski definition) is 4. The van der Waals surface area contributed by atoms with E-state index in [0.717, 1.165) is 12.3 Å². The van der Waals surface area contributed by atoms with Crippen molar-refractivity contribution >= 4 is 0 Å². The Bertz CT molecular complexity index is 1230. The second-order valence-corrected chi connectivity index (χ2v) is 6.86. The molecule has 170 valence electrons. The Morgan fingerprint density at radius 2 is 1.55 bits per heavy atom. The summed E-state index contributed by atoms with van der Waals surface area (Å²) in [6, 6.07) is 9.08. The monoisotopic (exact) mass is 460 g/mol. The molecule has 1 atom stereocenters. The zero-order valence-electron chi connectivity index (χ0n) is 16.8. The van der Waals surface area contributed by atoms with Gasteiger partial charge >= 0.3 is 5.92 Å². The highest BCUT2D eigenvalue weighted by Crippen LogP contribution is 2.48. The molecule has 0 amide bonds. The van der Waals surface area contributed by atoms with Crippen LogP contribution in [-0.2, 0) is 11.5 Å². The molecule has 33 heavy (non-hydrogen) atoms. The normalized spacial score (nSPS) is 13.6. The van der Waals surface area contributed by atoms with Crippen LogP contribution < -0.4 is 17.0 Å². The molecule has 0 aliphatic rings. The first-order chi connectivity index (χ1) is 15.6. The molecular weight excluding hydrogens is 443 g/mol. The highest BCUT2D eigenvalue weighted by atomic mass is 19.3. The van der Waals surface area contributed by atoms with Gasteiger partial charge in [-0.2, -0.15) is 8.78 Å². The first-order valence-electron chi connectivity index (χ1n) is 9.31. The summed E-state index contributed by atoms with van der Waals surface area (Å²) in [5.74, 6) is 3.28. The molecule has 0 fully saturated rings. The Labute approximate surface area is 185 Å². The summed E-state index contributed by atoms with van der Waals surface area (Å²) < 4.78 is 71.8. The van der Waals surface area contributed by atoms with E-state index in [1.165, 1.54) is 30.3 Å². The van der Waals surface area contributed by atoms with Crippen LogP contribution in [-0.4, -0.2) is 10.1 Å². The Morgan fingerprint density at radius 3 is 2.12 bits per heavy atom. The number of nitrogens with two attached hydrogens (primary N) is 2. The average Bonchev–Trinajstić information content (AvgIpc) is 2.78. The van der Waals surface area contributed by atoms with Crippen molar-refractivity contribution < 1.29 is 27.1 Å². The summed E-state index contributed by atoms with van der Waals surface area (Å²) in [5, 5.41) is 11.0. The standard InChI is InChI=1S/C23H17F5N4O/c24-16-6-3-14(4-7-16)1-2-15-5-10-21(31-12-15)23(27,28)22(33,20(29)13-32-30)18-9-8-17(25)11-19(18)26/h3-13,32-33H,29-30H2/b20-13-. The second kappa shape index (κ2) is 9.28. The van der Waals surface area contributed by atoms with E-state index < -0.39 is 45.9 Å². The van der Waals surface area contributed by atoms with Gasteiger partial charge in [0.2, 0.25) is 5.60 Å². The quantitative estimate of drug-likeness (QED) is 0.203. The molecule has 3 rings (SSSR count). The zero-order chi connectivity index (χ0) is 24.2. The molecule has 1 heterocycles. The van der Waals surface area contributed by atoms with Crippen LogP contribution in [0, 0.1) is 29.3 Å². The van der Waals surface area contributed by atoms with Gasteiger partial charge in [0.15, 0.2) is 0 Å². The Hall–Kier alpha value is -3.94. The number of nitrogens with one attached hydrogen (secondary N) is 1. The number of aliphatic hydroxyl groups is 1. The summed E-state index contributed by atoms with van der Waals surface area (Å²) in [7, 11) is 0. The molecule has 0 saturated carbocycles. The minimum atomic E-state index is -4.29. The molecule has 0 aliphatic carbocycles. The molecule has 0 saturated heterocycles. The summed E-state index contributed by atoms with van der Waals surface area (Å²) in [6.07, 6.45) is 1.67. The Morgan fingerprint density at radius 1 is 0.939 bits per heavy atom. The van der Waals surface area contributed by atoms with Gasteiger partial charge in [0.25, 0.3) is 0 Å². The first kappa shape index (κ1) is 23.7. The number of hydrazine groups is 1. The van der Waals surface area contributed by atoms with Crippen LogP contribution in [0.25, 0.3) is 0 Å². The number of nitrogens with zero attached hydrogens (tertiary/aromatic N) is 1. The van der Waals surface area contributed by atoms with E-state index in [1.54, 1.807) is 0 Å². The third kappa shape index (κ3) is 4.64. The maximum Gasteiger partial charge on any atom is 0.327 e. The zero-order valence-corrected chi connectivity index (χ0v) is 16.8. The number of aromatic nitrogens is 1. The largest absolute Gasteiger partial charge is 0.398 e. The number of alkyl halides is 2. The molecule has 6 N–H and O–H groups in total. The fourth-order valence-electron chi connectivity index (χ4n) is 3.00. The van der Waals surface area contributed by atoms with Crippen molar-refractivity contribution in [2.75, 3.05) is 0 Å². The van der Waals surface area contributed by atoms with Gasteiger partial charge in [0.1, 0.15) is 23.1 Å². The smallest absolute Gasteiger partial charge is 0.327 e. The van der Waals surface area contributed by atoms with Crippen LogP contribution >= 0.6 is 0 Å². The van der Waals surface area contributed by atoms with Gasteiger partial charge in [-0.3, -0.25) is 10.8 Å². The predicted octanol–water partition coefficient (Wildman–Crippen LogP) is 3.14. The highest BCUT2D eigenvalue weighted by molar-refractivity contribution is 5.43. The highest BCUT2D eigenvalue weighted by Gasteiger charge is 2.59. The van der Waals surface area contributed by atoms with E-state index in [0.29, 0.717) is 30.0 Å². The lowest BCUT2D eigenvalue weighted by Gasteiger charge is -2.36. The van der Waals surface area contributed by atoms with Crippen molar-refractivity contribution in [1.29, 1.82) is 0 Å². The van der Waals surface area contributed by atoms with Crippen LogP contribution in [0.2, 0.25) is 0 Å².